The maximum Gasteiger partial charge on any atom is 0.191 e. The van der Waals surface area contributed by atoms with Crippen molar-refractivity contribution in [2.45, 2.75) is 13.0 Å². The minimum atomic E-state index is -0.216. The Morgan fingerprint density at radius 3 is 2.54 bits per heavy atom. The third kappa shape index (κ3) is 6.70. The van der Waals surface area contributed by atoms with Crippen LogP contribution in [0.1, 0.15) is 11.1 Å². The Hall–Kier alpha value is -2.03. The summed E-state index contributed by atoms with van der Waals surface area (Å²) in [6.45, 7) is 1.22. The first-order chi connectivity index (χ1) is 12.2. The van der Waals surface area contributed by atoms with Crippen LogP contribution in [0.3, 0.4) is 0 Å². The highest BCUT2D eigenvalue weighted by Gasteiger charge is 2.06. The normalized spacial score (nSPS) is 10.7. The van der Waals surface area contributed by atoms with Crippen molar-refractivity contribution in [3.63, 3.8) is 0 Å². The van der Waals surface area contributed by atoms with Crippen LogP contribution in [0.15, 0.2) is 47.5 Å². The van der Waals surface area contributed by atoms with E-state index in [-0.39, 0.29) is 29.8 Å². The maximum atomic E-state index is 13.2. The number of benzene rings is 2. The van der Waals surface area contributed by atoms with E-state index >= 15 is 0 Å². The van der Waals surface area contributed by atoms with E-state index in [4.69, 9.17) is 9.47 Å². The van der Waals surface area contributed by atoms with Crippen molar-refractivity contribution >= 4 is 29.9 Å². The van der Waals surface area contributed by atoms with Gasteiger partial charge in [-0.3, -0.25) is 4.99 Å². The molecule has 0 heterocycles. The first-order valence-corrected chi connectivity index (χ1v) is 8.06. The monoisotopic (exact) mass is 473 g/mol. The molecule has 0 aliphatic carbocycles. The first kappa shape index (κ1) is 22.0. The van der Waals surface area contributed by atoms with Crippen LogP contribution in [0.5, 0.6) is 11.5 Å². The molecule has 0 fully saturated rings. The lowest BCUT2D eigenvalue weighted by Crippen LogP contribution is -2.37. The number of aliphatic imine (C=N–C) groups is 1. The Bertz CT molecular complexity index is 726. The third-order valence-electron chi connectivity index (χ3n) is 3.76. The fraction of sp³-hybridized carbons (Fsp3) is 0.316. The molecule has 0 bridgehead atoms. The summed E-state index contributed by atoms with van der Waals surface area (Å²) in [6.07, 6.45) is 0.713. The van der Waals surface area contributed by atoms with Crippen LogP contribution in [-0.4, -0.2) is 33.8 Å². The second-order valence-electron chi connectivity index (χ2n) is 5.41. The summed E-state index contributed by atoms with van der Waals surface area (Å²) in [7, 11) is 4.96. The highest BCUT2D eigenvalue weighted by Crippen LogP contribution is 2.24. The van der Waals surface area contributed by atoms with Crippen LogP contribution < -0.4 is 20.1 Å². The molecule has 0 aliphatic heterocycles. The van der Waals surface area contributed by atoms with Crippen LogP contribution in [0, 0.1) is 5.82 Å². The van der Waals surface area contributed by atoms with Gasteiger partial charge in [0.15, 0.2) is 5.96 Å². The quantitative estimate of drug-likeness (QED) is 0.368. The van der Waals surface area contributed by atoms with Crippen LogP contribution >= 0.6 is 24.0 Å². The Morgan fingerprint density at radius 2 is 1.88 bits per heavy atom. The average molecular weight is 473 g/mol. The number of hydrogen-bond donors (Lipinski definition) is 2. The van der Waals surface area contributed by atoms with E-state index in [1.807, 2.05) is 24.3 Å². The topological polar surface area (TPSA) is 54.9 Å². The molecular formula is C19H25FIN3O2. The molecule has 2 N–H and O–H groups in total. The number of rotatable bonds is 7. The predicted molar refractivity (Wildman–Crippen MR) is 113 cm³/mol. The number of hydrogen-bond acceptors (Lipinski definition) is 3. The molecular weight excluding hydrogens is 448 g/mol. The SMILES string of the molecule is CN=C(NCCc1cccc(F)c1)NCc1ccc(OC)cc1OC.I. The molecule has 0 aliphatic rings. The summed E-state index contributed by atoms with van der Waals surface area (Å²) in [5.41, 5.74) is 1.94. The lowest BCUT2D eigenvalue weighted by atomic mass is 10.1. The van der Waals surface area contributed by atoms with E-state index in [0.29, 0.717) is 25.5 Å². The summed E-state index contributed by atoms with van der Waals surface area (Å²) in [4.78, 5) is 4.20. The predicted octanol–water partition coefficient (Wildman–Crippen LogP) is 3.37. The van der Waals surface area contributed by atoms with Crippen molar-refractivity contribution in [3.05, 3.63) is 59.4 Å². The van der Waals surface area contributed by atoms with E-state index in [2.05, 4.69) is 15.6 Å². The molecule has 0 spiro atoms. The van der Waals surface area contributed by atoms with Crippen molar-refractivity contribution in [2.24, 2.45) is 4.99 Å². The second-order valence-corrected chi connectivity index (χ2v) is 5.41. The Labute approximate surface area is 171 Å². The lowest BCUT2D eigenvalue weighted by molar-refractivity contribution is 0.390. The summed E-state index contributed by atoms with van der Waals surface area (Å²) in [5, 5.41) is 6.46. The number of methoxy groups -OCH3 is 2. The summed E-state index contributed by atoms with van der Waals surface area (Å²) < 4.78 is 23.8. The number of halogens is 2. The van der Waals surface area contributed by atoms with Gasteiger partial charge >= 0.3 is 0 Å². The number of nitrogens with one attached hydrogen (secondary N) is 2. The highest BCUT2D eigenvalue weighted by molar-refractivity contribution is 14.0. The minimum absolute atomic E-state index is 0. The standard InChI is InChI=1S/C19H24FN3O2.HI/c1-21-19(22-10-9-14-5-4-6-16(20)11-14)23-13-15-7-8-17(24-2)12-18(15)25-3;/h4-8,11-12H,9-10,13H2,1-3H3,(H2,21,22,23);1H. The molecule has 7 heteroatoms. The van der Waals surface area contributed by atoms with Gasteiger partial charge in [-0.1, -0.05) is 12.1 Å². The largest absolute Gasteiger partial charge is 0.497 e. The van der Waals surface area contributed by atoms with Crippen LogP contribution in [0.2, 0.25) is 0 Å². The molecule has 0 saturated heterocycles. The zero-order valence-electron chi connectivity index (χ0n) is 15.2. The van der Waals surface area contributed by atoms with Crippen molar-refractivity contribution < 1.29 is 13.9 Å². The average Bonchev–Trinajstić information content (AvgIpc) is 2.64. The summed E-state index contributed by atoms with van der Waals surface area (Å²) in [5.74, 6) is 1.96. The van der Waals surface area contributed by atoms with E-state index in [1.165, 1.54) is 6.07 Å². The van der Waals surface area contributed by atoms with Gasteiger partial charge in [0.05, 0.1) is 14.2 Å². The molecule has 2 aromatic rings. The van der Waals surface area contributed by atoms with Gasteiger partial charge in [-0.15, -0.1) is 24.0 Å². The van der Waals surface area contributed by atoms with Crippen molar-refractivity contribution in [1.29, 1.82) is 0 Å². The van der Waals surface area contributed by atoms with E-state index in [0.717, 1.165) is 22.6 Å². The molecule has 2 rings (SSSR count). The molecule has 0 atom stereocenters. The van der Waals surface area contributed by atoms with Gasteiger partial charge in [0.25, 0.3) is 0 Å². The van der Waals surface area contributed by atoms with Gasteiger partial charge in [0.2, 0.25) is 0 Å². The van der Waals surface area contributed by atoms with Crippen molar-refractivity contribution in [3.8, 4) is 11.5 Å². The van der Waals surface area contributed by atoms with Gasteiger partial charge in [-0.25, -0.2) is 4.39 Å². The van der Waals surface area contributed by atoms with Crippen molar-refractivity contribution in [1.82, 2.24) is 10.6 Å². The van der Waals surface area contributed by atoms with Gasteiger partial charge in [0, 0.05) is 31.8 Å². The molecule has 0 radical (unpaired) electrons. The van der Waals surface area contributed by atoms with Crippen LogP contribution in [-0.2, 0) is 13.0 Å². The number of nitrogens with zero attached hydrogens (tertiary/aromatic N) is 1. The molecule has 5 nitrogen and oxygen atoms in total. The maximum absolute atomic E-state index is 13.2. The fourth-order valence-electron chi connectivity index (χ4n) is 2.42. The van der Waals surface area contributed by atoms with E-state index in [9.17, 15) is 4.39 Å². The Morgan fingerprint density at radius 1 is 1.08 bits per heavy atom. The van der Waals surface area contributed by atoms with E-state index in [1.54, 1.807) is 33.4 Å². The van der Waals surface area contributed by atoms with E-state index < -0.39 is 0 Å². The third-order valence-corrected chi connectivity index (χ3v) is 3.76. The highest BCUT2D eigenvalue weighted by atomic mass is 127. The number of ether oxygens (including phenoxy) is 2. The molecule has 142 valence electrons. The zero-order chi connectivity index (χ0) is 18.1. The minimum Gasteiger partial charge on any atom is -0.497 e. The van der Waals surface area contributed by atoms with Gasteiger partial charge < -0.3 is 20.1 Å². The van der Waals surface area contributed by atoms with Crippen LogP contribution in [0.25, 0.3) is 0 Å². The molecule has 0 unspecified atom stereocenters. The Kier molecular flexibility index (Phi) is 9.79. The Balaban J connectivity index is 0.00000338. The molecule has 26 heavy (non-hydrogen) atoms. The van der Waals surface area contributed by atoms with Gasteiger partial charge in [0.1, 0.15) is 17.3 Å². The summed E-state index contributed by atoms with van der Waals surface area (Å²) in [6, 6.07) is 12.3. The number of guanidine groups is 1. The van der Waals surface area contributed by atoms with Gasteiger partial charge in [-0.2, -0.15) is 0 Å². The zero-order valence-corrected chi connectivity index (χ0v) is 17.5. The van der Waals surface area contributed by atoms with Gasteiger partial charge in [-0.05, 0) is 36.2 Å². The first-order valence-electron chi connectivity index (χ1n) is 8.06. The van der Waals surface area contributed by atoms with Crippen LogP contribution in [0.4, 0.5) is 4.39 Å². The summed E-state index contributed by atoms with van der Waals surface area (Å²) >= 11 is 0. The molecule has 2 aromatic carbocycles. The second kappa shape index (κ2) is 11.6. The lowest BCUT2D eigenvalue weighted by Gasteiger charge is -2.14. The van der Waals surface area contributed by atoms with Crippen molar-refractivity contribution in [2.75, 3.05) is 27.8 Å². The molecule has 0 aromatic heterocycles. The molecule has 0 amide bonds. The molecule has 0 saturated carbocycles. The smallest absolute Gasteiger partial charge is 0.191 e. The fourth-order valence-corrected chi connectivity index (χ4v) is 2.42.